The van der Waals surface area contributed by atoms with E-state index in [9.17, 15) is 4.79 Å². The second-order valence-corrected chi connectivity index (χ2v) is 5.08. The molecule has 0 heterocycles. The van der Waals surface area contributed by atoms with Crippen LogP contribution >= 0.6 is 0 Å². The minimum absolute atomic E-state index is 0.129. The molecule has 3 N–H and O–H groups in total. The molecule has 2 rings (SSSR count). The largest absolute Gasteiger partial charge is 0.347 e. The van der Waals surface area contributed by atoms with Crippen molar-refractivity contribution in [1.82, 2.24) is 5.32 Å². The molecule has 0 radical (unpaired) electrons. The topological polar surface area (TPSA) is 76.8 Å². The van der Waals surface area contributed by atoms with Gasteiger partial charge in [0.1, 0.15) is 5.71 Å². The predicted octanol–water partition coefficient (Wildman–Crippen LogP) is 2.83. The molecule has 4 heteroatoms. The zero-order valence-corrected chi connectivity index (χ0v) is 12.0. The van der Waals surface area contributed by atoms with Crippen molar-refractivity contribution < 1.29 is 4.79 Å². The maximum atomic E-state index is 11.7. The Morgan fingerprint density at radius 3 is 2.71 bits per heavy atom. The Balaban J connectivity index is 1.89. The molecule has 1 aliphatic carbocycles. The van der Waals surface area contributed by atoms with Crippen molar-refractivity contribution in [2.45, 2.75) is 19.3 Å². The molecular weight excluding hydrogens is 262 g/mol. The summed E-state index contributed by atoms with van der Waals surface area (Å²) in [6, 6.07) is 10.3. The lowest BCUT2D eigenvalue weighted by atomic mass is 9.74. The van der Waals surface area contributed by atoms with Gasteiger partial charge in [0.2, 0.25) is 0 Å². The lowest BCUT2D eigenvalue weighted by Gasteiger charge is -2.32. The molecule has 0 fully saturated rings. The summed E-state index contributed by atoms with van der Waals surface area (Å²) in [4.78, 5) is 11.7. The Kier molecular flexibility index (Phi) is 4.82. The number of carbonyl (C=O) groups is 1. The molecule has 0 aromatic heterocycles. The van der Waals surface area contributed by atoms with Gasteiger partial charge in [-0.2, -0.15) is 0 Å². The van der Waals surface area contributed by atoms with Crippen LogP contribution in [0.25, 0.3) is 0 Å². The molecule has 0 bridgehead atoms. The second kappa shape index (κ2) is 6.79. The molecule has 1 aromatic carbocycles. The summed E-state index contributed by atoms with van der Waals surface area (Å²) < 4.78 is 0. The number of hydrogen-bond acceptors (Lipinski definition) is 3. The van der Waals surface area contributed by atoms with Crippen molar-refractivity contribution in [3.63, 3.8) is 0 Å². The van der Waals surface area contributed by atoms with Gasteiger partial charge in [0.15, 0.2) is 0 Å². The van der Waals surface area contributed by atoms with Gasteiger partial charge in [-0.3, -0.25) is 10.2 Å². The Hall–Kier alpha value is -2.49. The van der Waals surface area contributed by atoms with Crippen LogP contribution in [0.3, 0.4) is 0 Å². The van der Waals surface area contributed by atoms with E-state index in [-0.39, 0.29) is 5.71 Å². The predicted molar refractivity (Wildman–Crippen MR) is 85.2 cm³/mol. The highest BCUT2D eigenvalue weighted by Crippen LogP contribution is 2.41. The first-order chi connectivity index (χ1) is 10.1. The summed E-state index contributed by atoms with van der Waals surface area (Å²) >= 11 is 0. The fourth-order valence-corrected chi connectivity index (χ4v) is 2.44. The van der Waals surface area contributed by atoms with E-state index in [0.717, 1.165) is 12.6 Å². The molecule has 0 spiro atoms. The van der Waals surface area contributed by atoms with Crippen molar-refractivity contribution in [2.75, 3.05) is 6.54 Å². The van der Waals surface area contributed by atoms with Crippen molar-refractivity contribution in [3.8, 4) is 0 Å². The highest BCUT2D eigenvalue weighted by Gasteiger charge is 2.27. The number of allylic oxidation sites excluding steroid dienone is 2. The minimum Gasteiger partial charge on any atom is -0.347 e. The SMILES string of the molecule is CC1=C(CNC(=O)C(=N)/C=C\C=N)CC1c1ccccc1. The van der Waals surface area contributed by atoms with Crippen LogP contribution in [0.4, 0.5) is 0 Å². The third-order valence-corrected chi connectivity index (χ3v) is 3.80. The van der Waals surface area contributed by atoms with Crippen LogP contribution in [0.5, 0.6) is 0 Å². The molecule has 108 valence electrons. The van der Waals surface area contributed by atoms with E-state index in [2.05, 4.69) is 24.4 Å². The first-order valence-corrected chi connectivity index (χ1v) is 6.91. The third kappa shape index (κ3) is 3.54. The van der Waals surface area contributed by atoms with Gasteiger partial charge in [0.25, 0.3) is 5.91 Å². The monoisotopic (exact) mass is 281 g/mol. The molecular formula is C17H19N3O. The maximum Gasteiger partial charge on any atom is 0.269 e. The van der Waals surface area contributed by atoms with E-state index in [1.54, 1.807) is 0 Å². The molecule has 1 unspecified atom stereocenters. The number of rotatable bonds is 6. The van der Waals surface area contributed by atoms with Crippen LogP contribution in [0.15, 0.2) is 53.6 Å². The van der Waals surface area contributed by atoms with E-state index < -0.39 is 5.91 Å². The van der Waals surface area contributed by atoms with Crippen molar-refractivity contribution in [3.05, 3.63) is 59.2 Å². The third-order valence-electron chi connectivity index (χ3n) is 3.80. The molecule has 0 saturated carbocycles. The summed E-state index contributed by atoms with van der Waals surface area (Å²) in [5.41, 5.74) is 3.73. The Labute approximate surface area is 124 Å². The maximum absolute atomic E-state index is 11.7. The van der Waals surface area contributed by atoms with Crippen LogP contribution in [0, 0.1) is 10.8 Å². The molecule has 1 amide bonds. The van der Waals surface area contributed by atoms with E-state index in [1.807, 2.05) is 18.2 Å². The van der Waals surface area contributed by atoms with E-state index in [1.165, 1.54) is 28.9 Å². The summed E-state index contributed by atoms with van der Waals surface area (Å²) in [7, 11) is 0. The number of hydrogen-bond donors (Lipinski definition) is 3. The average molecular weight is 281 g/mol. The fourth-order valence-electron chi connectivity index (χ4n) is 2.44. The van der Waals surface area contributed by atoms with Crippen molar-refractivity contribution >= 4 is 17.8 Å². The zero-order chi connectivity index (χ0) is 15.2. The normalized spacial score (nSPS) is 17.5. The van der Waals surface area contributed by atoms with Gasteiger partial charge < -0.3 is 10.7 Å². The van der Waals surface area contributed by atoms with Gasteiger partial charge in [0.05, 0.1) is 0 Å². The van der Waals surface area contributed by atoms with Crippen molar-refractivity contribution in [1.29, 1.82) is 10.8 Å². The molecule has 1 aromatic rings. The van der Waals surface area contributed by atoms with Gasteiger partial charge in [-0.05, 0) is 31.1 Å². The number of amides is 1. The highest BCUT2D eigenvalue weighted by molar-refractivity contribution is 6.42. The molecule has 0 aliphatic heterocycles. The van der Waals surface area contributed by atoms with Gasteiger partial charge in [-0.15, -0.1) is 0 Å². The quantitative estimate of drug-likeness (QED) is 0.544. The molecule has 21 heavy (non-hydrogen) atoms. The van der Waals surface area contributed by atoms with Gasteiger partial charge in [-0.1, -0.05) is 41.5 Å². The summed E-state index contributed by atoms with van der Waals surface area (Å²) in [5.74, 6) is 0.0481. The smallest absolute Gasteiger partial charge is 0.269 e. The molecule has 1 aliphatic rings. The number of nitrogens with one attached hydrogen (secondary N) is 3. The summed E-state index contributed by atoms with van der Waals surface area (Å²) in [6.07, 6.45) is 4.68. The average Bonchev–Trinajstić information content (AvgIpc) is 2.51. The Morgan fingerprint density at radius 1 is 1.38 bits per heavy atom. The van der Waals surface area contributed by atoms with E-state index in [4.69, 9.17) is 10.8 Å². The summed E-state index contributed by atoms with van der Waals surface area (Å²) in [5, 5.41) is 17.1. The lowest BCUT2D eigenvalue weighted by molar-refractivity contribution is -0.114. The molecule has 4 nitrogen and oxygen atoms in total. The van der Waals surface area contributed by atoms with E-state index in [0.29, 0.717) is 12.5 Å². The first kappa shape index (κ1) is 14.9. The number of carbonyl (C=O) groups excluding carboxylic acids is 1. The molecule has 0 saturated heterocycles. The van der Waals surface area contributed by atoms with Crippen LogP contribution in [0.2, 0.25) is 0 Å². The minimum atomic E-state index is -0.406. The Bertz CT molecular complexity index is 614. The first-order valence-electron chi connectivity index (χ1n) is 6.91. The Morgan fingerprint density at radius 2 is 2.10 bits per heavy atom. The van der Waals surface area contributed by atoms with Gasteiger partial charge >= 0.3 is 0 Å². The zero-order valence-electron chi connectivity index (χ0n) is 12.0. The van der Waals surface area contributed by atoms with E-state index >= 15 is 0 Å². The standard InChI is InChI=1S/C17H19N3O/c1-12-14(10-15(12)13-6-3-2-4-7-13)11-20-17(21)16(19)8-5-9-18/h2-9,15,18-19H,10-11H2,1H3,(H,20,21)/b8-5-,18-9?,19-16?. The van der Waals surface area contributed by atoms with Crippen LogP contribution < -0.4 is 5.32 Å². The van der Waals surface area contributed by atoms with Crippen LogP contribution in [-0.2, 0) is 4.79 Å². The second-order valence-electron chi connectivity index (χ2n) is 5.08. The highest BCUT2D eigenvalue weighted by atomic mass is 16.1. The van der Waals surface area contributed by atoms with Gasteiger partial charge in [0, 0.05) is 18.7 Å². The van der Waals surface area contributed by atoms with Gasteiger partial charge in [-0.25, -0.2) is 0 Å². The lowest BCUT2D eigenvalue weighted by Crippen LogP contribution is -2.33. The fraction of sp³-hybridized carbons (Fsp3) is 0.235. The number of benzene rings is 1. The van der Waals surface area contributed by atoms with Crippen molar-refractivity contribution in [2.24, 2.45) is 0 Å². The van der Waals surface area contributed by atoms with Crippen LogP contribution in [0.1, 0.15) is 24.8 Å². The molecule has 1 atom stereocenters. The summed E-state index contributed by atoms with van der Waals surface area (Å²) in [6.45, 7) is 2.59. The van der Waals surface area contributed by atoms with Crippen LogP contribution in [-0.4, -0.2) is 24.4 Å².